The minimum Gasteiger partial charge on any atom is -0.368 e. The van der Waals surface area contributed by atoms with Crippen LogP contribution in [0, 0.1) is 0 Å². The molecule has 2 aliphatic heterocycles. The SMILES string of the molecule is O=C1NCCN(C(=O)CCc2ccccc2)C1CC(=O)N1CCN(c2ccccc2)CC1. The van der Waals surface area contributed by atoms with E-state index in [4.69, 9.17) is 0 Å². The molecule has 0 aliphatic carbocycles. The quantitative estimate of drug-likeness (QED) is 0.751. The monoisotopic (exact) mass is 434 g/mol. The predicted molar refractivity (Wildman–Crippen MR) is 123 cm³/mol. The summed E-state index contributed by atoms with van der Waals surface area (Å²) in [7, 11) is 0. The van der Waals surface area contributed by atoms with Crippen LogP contribution in [0.25, 0.3) is 0 Å². The van der Waals surface area contributed by atoms with Crippen molar-refractivity contribution in [2.75, 3.05) is 44.2 Å². The highest BCUT2D eigenvalue weighted by Gasteiger charge is 2.36. The Morgan fingerprint density at radius 3 is 2.19 bits per heavy atom. The first-order chi connectivity index (χ1) is 15.6. The van der Waals surface area contributed by atoms with Crippen molar-refractivity contribution in [1.82, 2.24) is 15.1 Å². The molecule has 4 rings (SSSR count). The molecule has 2 fully saturated rings. The Kier molecular flexibility index (Phi) is 7.04. The van der Waals surface area contributed by atoms with Crippen LogP contribution in [0.15, 0.2) is 60.7 Å². The average Bonchev–Trinajstić information content (AvgIpc) is 2.85. The van der Waals surface area contributed by atoms with Crippen LogP contribution in [-0.2, 0) is 20.8 Å². The first-order valence-electron chi connectivity index (χ1n) is 11.3. The number of para-hydroxylation sites is 1. The molecule has 2 aromatic rings. The molecule has 7 heteroatoms. The van der Waals surface area contributed by atoms with Crippen LogP contribution in [0.3, 0.4) is 0 Å². The molecule has 2 aliphatic rings. The van der Waals surface area contributed by atoms with Crippen molar-refractivity contribution in [2.45, 2.75) is 25.3 Å². The molecule has 32 heavy (non-hydrogen) atoms. The highest BCUT2D eigenvalue weighted by molar-refractivity contribution is 5.93. The molecule has 0 radical (unpaired) electrons. The smallest absolute Gasteiger partial charge is 0.243 e. The number of amides is 3. The number of anilines is 1. The van der Waals surface area contributed by atoms with Crippen LogP contribution in [-0.4, -0.2) is 72.8 Å². The molecule has 3 amide bonds. The maximum absolute atomic E-state index is 13.0. The summed E-state index contributed by atoms with van der Waals surface area (Å²) in [4.78, 5) is 44.1. The molecule has 2 heterocycles. The molecule has 0 bridgehead atoms. The molecule has 2 aromatic carbocycles. The Balaban J connectivity index is 1.33. The van der Waals surface area contributed by atoms with Crippen LogP contribution < -0.4 is 10.2 Å². The predicted octanol–water partition coefficient (Wildman–Crippen LogP) is 1.69. The number of carbonyl (C=O) groups is 3. The van der Waals surface area contributed by atoms with Gasteiger partial charge in [-0.1, -0.05) is 48.5 Å². The first kappa shape index (κ1) is 21.9. The number of nitrogens with one attached hydrogen (secondary N) is 1. The number of piperazine rings is 2. The number of aryl methyl sites for hydroxylation is 1. The second kappa shape index (κ2) is 10.3. The summed E-state index contributed by atoms with van der Waals surface area (Å²) in [5, 5.41) is 2.82. The fourth-order valence-corrected chi connectivity index (χ4v) is 4.40. The van der Waals surface area contributed by atoms with Crippen molar-refractivity contribution >= 4 is 23.4 Å². The van der Waals surface area contributed by atoms with Gasteiger partial charge in [-0.2, -0.15) is 0 Å². The average molecular weight is 435 g/mol. The second-order valence-corrected chi connectivity index (χ2v) is 8.29. The lowest BCUT2D eigenvalue weighted by Crippen LogP contribution is -2.59. The van der Waals surface area contributed by atoms with Gasteiger partial charge in [0.2, 0.25) is 17.7 Å². The third kappa shape index (κ3) is 5.28. The van der Waals surface area contributed by atoms with Crippen molar-refractivity contribution in [3.05, 3.63) is 66.2 Å². The summed E-state index contributed by atoms with van der Waals surface area (Å²) in [5.41, 5.74) is 2.24. The number of carbonyl (C=O) groups excluding carboxylic acids is 3. The Bertz CT molecular complexity index is 927. The summed E-state index contributed by atoms with van der Waals surface area (Å²) in [6.07, 6.45) is 0.992. The van der Waals surface area contributed by atoms with Crippen molar-refractivity contribution in [3.63, 3.8) is 0 Å². The summed E-state index contributed by atoms with van der Waals surface area (Å²) >= 11 is 0. The van der Waals surface area contributed by atoms with Crippen LogP contribution in [0.1, 0.15) is 18.4 Å². The van der Waals surface area contributed by atoms with Gasteiger partial charge < -0.3 is 20.0 Å². The molecule has 1 N–H and O–H groups in total. The van der Waals surface area contributed by atoms with E-state index in [2.05, 4.69) is 22.3 Å². The molecule has 7 nitrogen and oxygen atoms in total. The van der Waals surface area contributed by atoms with Gasteiger partial charge in [-0.15, -0.1) is 0 Å². The molecule has 0 saturated carbocycles. The van der Waals surface area contributed by atoms with Gasteiger partial charge in [-0.05, 0) is 24.1 Å². The van der Waals surface area contributed by atoms with Crippen molar-refractivity contribution in [2.24, 2.45) is 0 Å². The van der Waals surface area contributed by atoms with Gasteiger partial charge >= 0.3 is 0 Å². The van der Waals surface area contributed by atoms with Crippen molar-refractivity contribution in [1.29, 1.82) is 0 Å². The second-order valence-electron chi connectivity index (χ2n) is 8.29. The summed E-state index contributed by atoms with van der Waals surface area (Å²) < 4.78 is 0. The summed E-state index contributed by atoms with van der Waals surface area (Å²) in [6, 6.07) is 19.3. The van der Waals surface area contributed by atoms with E-state index in [0.717, 1.165) is 24.3 Å². The van der Waals surface area contributed by atoms with Crippen molar-refractivity contribution < 1.29 is 14.4 Å². The lowest BCUT2D eigenvalue weighted by atomic mass is 10.0. The van der Waals surface area contributed by atoms with E-state index in [-0.39, 0.29) is 24.1 Å². The number of nitrogens with zero attached hydrogens (tertiary/aromatic N) is 3. The van der Waals surface area contributed by atoms with Crippen LogP contribution >= 0.6 is 0 Å². The normalized spacial score (nSPS) is 18.9. The van der Waals surface area contributed by atoms with E-state index in [1.165, 1.54) is 0 Å². The molecule has 0 spiro atoms. The van der Waals surface area contributed by atoms with E-state index < -0.39 is 6.04 Å². The Hall–Kier alpha value is -3.35. The van der Waals surface area contributed by atoms with Gasteiger partial charge in [-0.3, -0.25) is 14.4 Å². The largest absolute Gasteiger partial charge is 0.368 e. The molecule has 2 saturated heterocycles. The molecule has 1 unspecified atom stereocenters. The molecular formula is C25H30N4O3. The number of hydrogen-bond acceptors (Lipinski definition) is 4. The van der Waals surface area contributed by atoms with E-state index in [9.17, 15) is 14.4 Å². The zero-order valence-corrected chi connectivity index (χ0v) is 18.3. The zero-order chi connectivity index (χ0) is 22.3. The first-order valence-corrected chi connectivity index (χ1v) is 11.3. The highest BCUT2D eigenvalue weighted by atomic mass is 16.2. The van der Waals surface area contributed by atoms with Crippen LogP contribution in [0.2, 0.25) is 0 Å². The minimum atomic E-state index is -0.730. The van der Waals surface area contributed by atoms with Gasteiger partial charge in [0.05, 0.1) is 6.42 Å². The Morgan fingerprint density at radius 2 is 1.50 bits per heavy atom. The molecule has 1 atom stereocenters. The maximum atomic E-state index is 13.0. The highest BCUT2D eigenvalue weighted by Crippen LogP contribution is 2.18. The van der Waals surface area contributed by atoms with Gasteiger partial charge in [0.1, 0.15) is 6.04 Å². The van der Waals surface area contributed by atoms with Crippen molar-refractivity contribution in [3.8, 4) is 0 Å². The van der Waals surface area contributed by atoms with Gasteiger partial charge in [-0.25, -0.2) is 0 Å². The van der Waals surface area contributed by atoms with Gasteiger partial charge in [0.15, 0.2) is 0 Å². The van der Waals surface area contributed by atoms with Crippen LogP contribution in [0.5, 0.6) is 0 Å². The van der Waals surface area contributed by atoms with Gasteiger partial charge in [0, 0.05) is 51.4 Å². The van der Waals surface area contributed by atoms with E-state index in [1.54, 1.807) is 4.90 Å². The summed E-state index contributed by atoms with van der Waals surface area (Å²) in [5.74, 6) is -0.378. The van der Waals surface area contributed by atoms with E-state index >= 15 is 0 Å². The van der Waals surface area contributed by atoms with Crippen LogP contribution in [0.4, 0.5) is 5.69 Å². The number of benzene rings is 2. The fourth-order valence-electron chi connectivity index (χ4n) is 4.40. The number of hydrogen-bond donors (Lipinski definition) is 1. The standard InChI is InChI=1S/C25H30N4O3/c30-23(12-11-20-7-3-1-4-8-20)29-14-13-26-25(32)22(29)19-24(31)28-17-15-27(16-18-28)21-9-5-2-6-10-21/h1-10,22H,11-19H2,(H,26,32). The van der Waals surface area contributed by atoms with E-state index in [0.29, 0.717) is 39.0 Å². The Morgan fingerprint density at radius 1 is 0.844 bits per heavy atom. The zero-order valence-electron chi connectivity index (χ0n) is 18.3. The third-order valence-electron chi connectivity index (χ3n) is 6.24. The van der Waals surface area contributed by atoms with E-state index in [1.807, 2.05) is 53.4 Å². The molecule has 168 valence electrons. The molecule has 0 aromatic heterocycles. The maximum Gasteiger partial charge on any atom is 0.243 e. The summed E-state index contributed by atoms with van der Waals surface area (Å²) in [6.45, 7) is 3.61. The lowest BCUT2D eigenvalue weighted by molar-refractivity contribution is -0.146. The number of rotatable bonds is 6. The minimum absolute atomic E-state index is 0.0360. The lowest BCUT2D eigenvalue weighted by Gasteiger charge is -2.39. The topological polar surface area (TPSA) is 73.0 Å². The Labute approximate surface area is 189 Å². The fraction of sp³-hybridized carbons (Fsp3) is 0.400. The van der Waals surface area contributed by atoms with Gasteiger partial charge in [0.25, 0.3) is 0 Å². The third-order valence-corrected chi connectivity index (χ3v) is 6.24. The molecular weight excluding hydrogens is 404 g/mol.